The van der Waals surface area contributed by atoms with Gasteiger partial charge in [0.2, 0.25) is 5.79 Å². The Morgan fingerprint density at radius 3 is 1.76 bits per heavy atom. The fourth-order valence-electron chi connectivity index (χ4n) is 4.74. The van der Waals surface area contributed by atoms with Crippen molar-refractivity contribution in [2.45, 2.75) is 77.9 Å². The molecule has 1 saturated heterocycles. The van der Waals surface area contributed by atoms with E-state index in [1.807, 2.05) is 0 Å². The molecule has 29 heavy (non-hydrogen) atoms. The second kappa shape index (κ2) is 6.68. The molecule has 0 aromatic heterocycles. The Kier molecular flexibility index (Phi) is 4.75. The van der Waals surface area contributed by atoms with Crippen molar-refractivity contribution in [1.29, 1.82) is 0 Å². The molecular formula is C27H36O2. The zero-order chi connectivity index (χ0) is 21.1. The molecule has 2 aliphatic rings. The molecule has 0 N–H and O–H groups in total. The molecule has 0 radical (unpaired) electrons. The summed E-state index contributed by atoms with van der Waals surface area (Å²) in [5.74, 6) is -0.837. The first-order valence-corrected chi connectivity index (χ1v) is 11.0. The van der Waals surface area contributed by atoms with Crippen molar-refractivity contribution in [3.63, 3.8) is 0 Å². The highest BCUT2D eigenvalue weighted by molar-refractivity contribution is 5.47. The summed E-state index contributed by atoms with van der Waals surface area (Å²) in [4.78, 5) is 0. The average Bonchev–Trinajstić information content (AvgIpc) is 2.67. The van der Waals surface area contributed by atoms with Crippen LogP contribution in [0.2, 0.25) is 0 Å². The molecule has 1 aliphatic carbocycles. The average molecular weight is 393 g/mol. The molecular weight excluding hydrogens is 356 g/mol. The molecule has 2 nitrogen and oxygen atoms in total. The summed E-state index contributed by atoms with van der Waals surface area (Å²) in [5, 5.41) is 0. The Morgan fingerprint density at radius 1 is 0.655 bits per heavy atom. The lowest BCUT2D eigenvalue weighted by Crippen LogP contribution is -2.46. The van der Waals surface area contributed by atoms with E-state index in [1.54, 1.807) is 0 Å². The Balaban J connectivity index is 1.87. The summed E-state index contributed by atoms with van der Waals surface area (Å²) in [7, 11) is 0. The highest BCUT2D eigenvalue weighted by Gasteiger charge is 2.45. The summed E-state index contributed by atoms with van der Waals surface area (Å²) in [6.07, 6.45) is 2.42. The first-order chi connectivity index (χ1) is 13.5. The number of benzene rings is 2. The Morgan fingerprint density at radius 2 is 1.17 bits per heavy atom. The first-order valence-electron chi connectivity index (χ1n) is 11.0. The van der Waals surface area contributed by atoms with Crippen LogP contribution in [0.15, 0.2) is 42.5 Å². The Hall–Kier alpha value is -1.64. The quantitative estimate of drug-likeness (QED) is 0.572. The van der Waals surface area contributed by atoms with Crippen molar-refractivity contribution in [1.82, 2.24) is 0 Å². The fraction of sp³-hybridized carbons (Fsp3) is 0.556. The summed E-state index contributed by atoms with van der Waals surface area (Å²) >= 11 is 0. The minimum atomic E-state index is -0.837. The van der Waals surface area contributed by atoms with Crippen LogP contribution in [0.25, 0.3) is 0 Å². The fourth-order valence-corrected chi connectivity index (χ4v) is 4.74. The predicted octanol–water partition coefficient (Wildman–Crippen LogP) is 6.62. The SMILES string of the molecule is Cc1ccc(C2(c3ccc4c(c3)C(C)(C)CCC4(C)C)OCC(C)(C)CO2)cc1. The predicted molar refractivity (Wildman–Crippen MR) is 119 cm³/mol. The van der Waals surface area contributed by atoms with Crippen molar-refractivity contribution in [3.05, 3.63) is 70.3 Å². The van der Waals surface area contributed by atoms with Gasteiger partial charge in [-0.05, 0) is 47.8 Å². The van der Waals surface area contributed by atoms with Crippen molar-refractivity contribution >= 4 is 0 Å². The number of hydrogen-bond acceptors (Lipinski definition) is 2. The Bertz CT molecular complexity index is 893. The molecule has 156 valence electrons. The lowest BCUT2D eigenvalue weighted by atomic mass is 9.62. The van der Waals surface area contributed by atoms with Crippen LogP contribution in [0, 0.1) is 12.3 Å². The van der Waals surface area contributed by atoms with E-state index in [2.05, 4.69) is 90.9 Å². The maximum absolute atomic E-state index is 6.58. The number of aryl methyl sites for hydroxylation is 1. The van der Waals surface area contributed by atoms with Crippen LogP contribution in [0.4, 0.5) is 0 Å². The van der Waals surface area contributed by atoms with Gasteiger partial charge in [0.15, 0.2) is 0 Å². The number of ether oxygens (including phenoxy) is 2. The third-order valence-electron chi connectivity index (χ3n) is 7.00. The first kappa shape index (κ1) is 20.6. The van der Waals surface area contributed by atoms with E-state index in [0.717, 1.165) is 11.1 Å². The zero-order valence-corrected chi connectivity index (χ0v) is 19.2. The lowest BCUT2D eigenvalue weighted by Gasteiger charge is -2.46. The smallest absolute Gasteiger partial charge is 0.222 e. The van der Waals surface area contributed by atoms with Crippen molar-refractivity contribution in [2.24, 2.45) is 5.41 Å². The summed E-state index contributed by atoms with van der Waals surface area (Å²) in [5.41, 5.74) is 6.72. The molecule has 2 heteroatoms. The van der Waals surface area contributed by atoms with Crippen LogP contribution < -0.4 is 0 Å². The van der Waals surface area contributed by atoms with Gasteiger partial charge in [-0.15, -0.1) is 0 Å². The monoisotopic (exact) mass is 392 g/mol. The van der Waals surface area contributed by atoms with E-state index in [9.17, 15) is 0 Å². The molecule has 1 aliphatic heterocycles. The van der Waals surface area contributed by atoms with Crippen LogP contribution in [0.5, 0.6) is 0 Å². The molecule has 2 aromatic carbocycles. The molecule has 4 rings (SSSR count). The van der Waals surface area contributed by atoms with Crippen LogP contribution in [-0.2, 0) is 26.1 Å². The maximum Gasteiger partial charge on any atom is 0.222 e. The van der Waals surface area contributed by atoms with Crippen LogP contribution in [-0.4, -0.2) is 13.2 Å². The van der Waals surface area contributed by atoms with Gasteiger partial charge in [0.25, 0.3) is 0 Å². The molecule has 1 fully saturated rings. The highest BCUT2D eigenvalue weighted by Crippen LogP contribution is 2.49. The van der Waals surface area contributed by atoms with E-state index in [0.29, 0.717) is 13.2 Å². The molecule has 0 bridgehead atoms. The molecule has 1 heterocycles. The van der Waals surface area contributed by atoms with Gasteiger partial charge < -0.3 is 9.47 Å². The van der Waals surface area contributed by atoms with Crippen molar-refractivity contribution in [3.8, 4) is 0 Å². The minimum Gasteiger partial charge on any atom is -0.342 e. The van der Waals surface area contributed by atoms with Crippen molar-refractivity contribution < 1.29 is 9.47 Å². The number of rotatable bonds is 2. The van der Waals surface area contributed by atoms with Gasteiger partial charge in [-0.3, -0.25) is 0 Å². The summed E-state index contributed by atoms with van der Waals surface area (Å²) in [6.45, 7) is 17.3. The van der Waals surface area contributed by atoms with E-state index >= 15 is 0 Å². The van der Waals surface area contributed by atoms with Gasteiger partial charge in [-0.25, -0.2) is 0 Å². The largest absolute Gasteiger partial charge is 0.342 e. The lowest BCUT2D eigenvalue weighted by molar-refractivity contribution is -0.284. The van der Waals surface area contributed by atoms with Gasteiger partial charge >= 0.3 is 0 Å². The van der Waals surface area contributed by atoms with E-state index < -0.39 is 5.79 Å². The van der Waals surface area contributed by atoms with Gasteiger partial charge in [-0.2, -0.15) is 0 Å². The molecule has 0 saturated carbocycles. The van der Waals surface area contributed by atoms with Crippen molar-refractivity contribution in [2.75, 3.05) is 13.2 Å². The molecule has 2 aromatic rings. The zero-order valence-electron chi connectivity index (χ0n) is 19.2. The summed E-state index contributed by atoms with van der Waals surface area (Å²) < 4.78 is 13.2. The second-order valence-electron chi connectivity index (χ2n) is 11.3. The van der Waals surface area contributed by atoms with Gasteiger partial charge in [0.05, 0.1) is 13.2 Å². The Labute approximate surface area is 176 Å². The van der Waals surface area contributed by atoms with Gasteiger partial charge in [-0.1, -0.05) is 83.5 Å². The van der Waals surface area contributed by atoms with Crippen LogP contribution >= 0.6 is 0 Å². The molecule has 0 atom stereocenters. The summed E-state index contributed by atoms with van der Waals surface area (Å²) in [6, 6.07) is 15.5. The number of hydrogen-bond donors (Lipinski definition) is 0. The van der Waals surface area contributed by atoms with Gasteiger partial charge in [0.1, 0.15) is 0 Å². The standard InChI is InChI=1S/C27H36O2/c1-19-8-10-20(11-9-19)27(28-17-24(2,3)18-29-27)21-12-13-22-23(16-21)26(6,7)15-14-25(22,4)5/h8-13,16H,14-15,17-18H2,1-7H3. The van der Waals surface area contributed by atoms with E-state index in [4.69, 9.17) is 9.47 Å². The highest BCUT2D eigenvalue weighted by atomic mass is 16.7. The molecule has 0 amide bonds. The third kappa shape index (κ3) is 3.55. The topological polar surface area (TPSA) is 18.5 Å². The molecule has 0 spiro atoms. The normalized spacial score (nSPS) is 24.0. The van der Waals surface area contributed by atoms with Crippen LogP contribution in [0.1, 0.15) is 82.2 Å². The maximum atomic E-state index is 6.58. The van der Waals surface area contributed by atoms with E-state index in [-0.39, 0.29) is 16.2 Å². The van der Waals surface area contributed by atoms with Gasteiger partial charge in [0, 0.05) is 16.5 Å². The van der Waals surface area contributed by atoms with E-state index in [1.165, 1.54) is 29.5 Å². The minimum absolute atomic E-state index is 0.0175. The molecule has 0 unspecified atom stereocenters. The third-order valence-corrected chi connectivity index (χ3v) is 7.00. The van der Waals surface area contributed by atoms with Crippen LogP contribution in [0.3, 0.4) is 0 Å². The number of fused-ring (bicyclic) bond motifs is 1. The second-order valence-corrected chi connectivity index (χ2v) is 11.3.